The minimum absolute atomic E-state index is 0.0388. The van der Waals surface area contributed by atoms with E-state index in [1.807, 2.05) is 0 Å². The van der Waals surface area contributed by atoms with E-state index in [9.17, 15) is 24.0 Å². The highest BCUT2D eigenvalue weighted by Crippen LogP contribution is 2.34. The summed E-state index contributed by atoms with van der Waals surface area (Å²) in [7, 11) is 0. The Morgan fingerprint density at radius 2 is 1.30 bits per heavy atom. The molecular weight excluding hydrogens is 590 g/mol. The van der Waals surface area contributed by atoms with Gasteiger partial charge in [-0.15, -0.1) is 11.3 Å². The van der Waals surface area contributed by atoms with Crippen molar-refractivity contribution in [2.24, 2.45) is 0 Å². The van der Waals surface area contributed by atoms with Crippen molar-refractivity contribution in [2.45, 2.75) is 24.5 Å². The monoisotopic (exact) mass is 613 g/mol. The summed E-state index contributed by atoms with van der Waals surface area (Å²) in [5, 5.41) is 0. The van der Waals surface area contributed by atoms with E-state index in [1.165, 1.54) is 29.8 Å². The highest BCUT2D eigenvalue weighted by Gasteiger charge is 2.52. The first-order chi connectivity index (χ1) is 21.4. The van der Waals surface area contributed by atoms with Crippen LogP contribution in [0.1, 0.15) is 37.3 Å². The van der Waals surface area contributed by atoms with Crippen LogP contribution in [0.2, 0.25) is 0 Å². The van der Waals surface area contributed by atoms with E-state index in [2.05, 4.69) is 9.97 Å². The largest absolute Gasteiger partial charge is 0.459 e. The number of nitrogens with zero attached hydrogens (tertiary/aromatic N) is 2. The lowest BCUT2D eigenvalue weighted by atomic mass is 10.1. The van der Waals surface area contributed by atoms with E-state index in [1.54, 1.807) is 66.7 Å². The van der Waals surface area contributed by atoms with E-state index in [4.69, 9.17) is 18.9 Å². The third-order valence-corrected chi connectivity index (χ3v) is 7.60. The van der Waals surface area contributed by atoms with Gasteiger partial charge in [-0.1, -0.05) is 54.6 Å². The van der Waals surface area contributed by atoms with Crippen LogP contribution in [0.15, 0.2) is 106 Å². The topological polar surface area (TPSA) is 156 Å². The van der Waals surface area contributed by atoms with Crippen LogP contribution in [0.5, 0.6) is 0 Å². The van der Waals surface area contributed by atoms with Gasteiger partial charge < -0.3 is 18.9 Å². The van der Waals surface area contributed by atoms with Crippen molar-refractivity contribution < 1.29 is 33.3 Å². The van der Waals surface area contributed by atoms with E-state index < -0.39 is 60.3 Å². The van der Waals surface area contributed by atoms with Crippen LogP contribution in [0.3, 0.4) is 0 Å². The number of esters is 3. The molecule has 0 aliphatic carbocycles. The number of benzene rings is 3. The third-order valence-electron chi connectivity index (χ3n) is 6.86. The predicted octanol–water partition coefficient (Wildman–Crippen LogP) is 3.35. The number of hydrogen-bond donors (Lipinski definition) is 1. The smallest absolute Gasteiger partial charge is 0.338 e. The van der Waals surface area contributed by atoms with E-state index in [0.717, 1.165) is 11.3 Å². The molecule has 0 spiro atoms. The molecule has 3 aromatic carbocycles. The van der Waals surface area contributed by atoms with Gasteiger partial charge in [0.25, 0.3) is 5.56 Å². The number of hydrogen-bond acceptors (Lipinski definition) is 11. The average molecular weight is 614 g/mol. The maximum atomic E-state index is 13.5. The lowest BCUT2D eigenvalue weighted by Gasteiger charge is -2.24. The van der Waals surface area contributed by atoms with Crippen LogP contribution in [0.25, 0.3) is 10.3 Å². The average Bonchev–Trinajstić information content (AvgIpc) is 3.66. The molecule has 5 aromatic rings. The van der Waals surface area contributed by atoms with Crippen LogP contribution in [-0.2, 0) is 18.9 Å². The van der Waals surface area contributed by atoms with Gasteiger partial charge in [-0.3, -0.25) is 9.78 Å². The van der Waals surface area contributed by atoms with Gasteiger partial charge in [-0.25, -0.2) is 28.7 Å². The Morgan fingerprint density at radius 1 is 0.773 bits per heavy atom. The van der Waals surface area contributed by atoms with Crippen molar-refractivity contribution >= 4 is 39.6 Å². The van der Waals surface area contributed by atoms with Gasteiger partial charge in [0.2, 0.25) is 0 Å². The molecule has 12 nitrogen and oxygen atoms in total. The summed E-state index contributed by atoms with van der Waals surface area (Å²) in [5.74, 6) is -2.31. The molecule has 1 saturated heterocycles. The van der Waals surface area contributed by atoms with Crippen molar-refractivity contribution in [1.29, 1.82) is 0 Å². The molecule has 4 unspecified atom stereocenters. The van der Waals surface area contributed by atoms with Crippen molar-refractivity contribution in [3.05, 3.63) is 134 Å². The molecule has 0 radical (unpaired) electrons. The normalized spacial score (nSPS) is 19.4. The number of aromatic nitrogens is 3. The summed E-state index contributed by atoms with van der Waals surface area (Å²) in [6.07, 6.45) is -5.78. The molecule has 222 valence electrons. The first-order valence-corrected chi connectivity index (χ1v) is 14.3. The molecule has 0 saturated carbocycles. The molecule has 1 N–H and O–H groups in total. The molecule has 6 rings (SSSR count). The summed E-state index contributed by atoms with van der Waals surface area (Å²) in [4.78, 5) is 72.9. The zero-order valence-electron chi connectivity index (χ0n) is 22.7. The number of ether oxygens (including phenoxy) is 4. The molecule has 1 fully saturated rings. The minimum Gasteiger partial charge on any atom is -0.459 e. The summed E-state index contributed by atoms with van der Waals surface area (Å²) < 4.78 is 24.0. The highest BCUT2D eigenvalue weighted by molar-refractivity contribution is 7.16. The van der Waals surface area contributed by atoms with Gasteiger partial charge in [0.05, 0.1) is 22.2 Å². The zero-order valence-corrected chi connectivity index (χ0v) is 23.5. The maximum absolute atomic E-state index is 13.5. The molecule has 0 bridgehead atoms. The number of nitrogens with one attached hydrogen (secondary N) is 1. The Hall–Kier alpha value is -5.40. The number of fused-ring (bicyclic) bond motifs is 1. The molecule has 0 amide bonds. The van der Waals surface area contributed by atoms with E-state index >= 15 is 0 Å². The van der Waals surface area contributed by atoms with Gasteiger partial charge in [-0.05, 0) is 36.4 Å². The van der Waals surface area contributed by atoms with Crippen molar-refractivity contribution in [3.63, 3.8) is 0 Å². The quantitative estimate of drug-likeness (QED) is 0.203. The fourth-order valence-corrected chi connectivity index (χ4v) is 5.41. The number of H-pyrrole nitrogens is 1. The molecule has 1 aliphatic heterocycles. The summed E-state index contributed by atoms with van der Waals surface area (Å²) in [6, 6.07) is 24.2. The van der Waals surface area contributed by atoms with Crippen LogP contribution in [-0.4, -0.2) is 57.4 Å². The van der Waals surface area contributed by atoms with Gasteiger partial charge in [-0.2, -0.15) is 0 Å². The molecule has 4 atom stereocenters. The summed E-state index contributed by atoms with van der Waals surface area (Å²) >= 11 is 1.06. The van der Waals surface area contributed by atoms with Gasteiger partial charge in [0, 0.05) is 0 Å². The summed E-state index contributed by atoms with van der Waals surface area (Å²) in [6.45, 7) is -0.470. The van der Waals surface area contributed by atoms with Crippen molar-refractivity contribution in [3.8, 4) is 0 Å². The highest BCUT2D eigenvalue weighted by atomic mass is 32.1. The van der Waals surface area contributed by atoms with Crippen LogP contribution < -0.4 is 11.2 Å². The van der Waals surface area contributed by atoms with Crippen molar-refractivity contribution in [1.82, 2.24) is 14.5 Å². The van der Waals surface area contributed by atoms with Crippen molar-refractivity contribution in [2.75, 3.05) is 6.61 Å². The van der Waals surface area contributed by atoms with Crippen LogP contribution >= 0.6 is 11.3 Å². The van der Waals surface area contributed by atoms with Crippen LogP contribution in [0, 0.1) is 0 Å². The van der Waals surface area contributed by atoms with E-state index in [0.29, 0.717) is 4.57 Å². The SMILES string of the molecule is O=C(OCC1OC(n2c(=O)[nH]c3scnc3c2=O)C(OC(=O)c2ccccc2)C1OC(=O)c1ccccc1)c1ccccc1. The second-order valence-electron chi connectivity index (χ2n) is 9.64. The zero-order chi connectivity index (χ0) is 30.6. The second-order valence-corrected chi connectivity index (χ2v) is 10.5. The number of aromatic amines is 1. The Bertz CT molecular complexity index is 1920. The van der Waals surface area contributed by atoms with Gasteiger partial charge in [0.1, 0.15) is 17.5 Å². The molecule has 3 heterocycles. The summed E-state index contributed by atoms with van der Waals surface area (Å²) in [5.41, 5.74) is 0.276. The number of carbonyl (C=O) groups excluding carboxylic acids is 3. The molecule has 44 heavy (non-hydrogen) atoms. The lowest BCUT2D eigenvalue weighted by molar-refractivity contribution is -0.0650. The number of thiazole rings is 1. The fraction of sp³-hybridized carbons (Fsp3) is 0.161. The number of rotatable bonds is 8. The van der Waals surface area contributed by atoms with Gasteiger partial charge >= 0.3 is 23.6 Å². The molecule has 1 aliphatic rings. The maximum Gasteiger partial charge on any atom is 0.338 e. The minimum atomic E-state index is -1.58. The Labute approximate surface area is 252 Å². The third kappa shape index (κ3) is 5.78. The fourth-order valence-electron chi connectivity index (χ4n) is 4.75. The van der Waals surface area contributed by atoms with Gasteiger partial charge in [0.15, 0.2) is 24.0 Å². The lowest BCUT2D eigenvalue weighted by Crippen LogP contribution is -2.45. The Morgan fingerprint density at radius 3 is 1.86 bits per heavy atom. The van der Waals surface area contributed by atoms with E-state index in [-0.39, 0.29) is 27.0 Å². The first kappa shape index (κ1) is 28.7. The van der Waals surface area contributed by atoms with Crippen LogP contribution in [0.4, 0.5) is 0 Å². The molecule has 13 heteroatoms. The second kappa shape index (κ2) is 12.5. The first-order valence-electron chi connectivity index (χ1n) is 13.4. The standard InChI is InChI=1S/C31H23N3O9S/c35-26-22-25(44-17-32-22)33-31(39)34(26)27-24(43-30(38)20-14-8-3-9-15-20)23(42-29(37)19-12-6-2-7-13-19)21(41-27)16-40-28(36)18-10-4-1-5-11-18/h1-15,17,21,23-24,27H,16H2,(H,33,39). The molecule has 2 aromatic heterocycles. The number of carbonyl (C=O) groups is 3. The Kier molecular flexibility index (Phi) is 8.12. The molecular formula is C31H23N3O9S. The predicted molar refractivity (Wildman–Crippen MR) is 156 cm³/mol. The Balaban J connectivity index is 1.40.